The number of amides is 1. The Labute approximate surface area is 172 Å². The average Bonchev–Trinajstić information content (AvgIpc) is 3.17. The molecule has 2 aromatic carbocycles. The number of aromatic nitrogens is 2. The zero-order valence-corrected chi connectivity index (χ0v) is 16.9. The van der Waals surface area contributed by atoms with Crippen LogP contribution in [0.3, 0.4) is 0 Å². The Morgan fingerprint density at radius 3 is 2.43 bits per heavy atom. The van der Waals surface area contributed by atoms with Gasteiger partial charge in [-0.15, -0.1) is 0 Å². The van der Waals surface area contributed by atoms with Crippen molar-refractivity contribution >= 4 is 15.7 Å². The number of ether oxygens (including phenoxy) is 1. The number of carbonyl (C=O) groups is 1. The number of nitrogens with one attached hydrogen (secondary N) is 1. The molecule has 0 saturated heterocycles. The van der Waals surface area contributed by atoms with E-state index in [9.17, 15) is 22.0 Å². The summed E-state index contributed by atoms with van der Waals surface area (Å²) >= 11 is 0. The first-order valence-corrected chi connectivity index (χ1v) is 10.3. The molecule has 0 radical (unpaired) electrons. The lowest BCUT2D eigenvalue weighted by atomic mass is 10.0. The molecule has 0 aliphatic heterocycles. The lowest BCUT2D eigenvalue weighted by Gasteiger charge is -2.20. The van der Waals surface area contributed by atoms with E-state index in [1.165, 1.54) is 19.2 Å². The largest absolute Gasteiger partial charge is 0.497 e. The minimum Gasteiger partial charge on any atom is -0.497 e. The summed E-state index contributed by atoms with van der Waals surface area (Å²) in [5, 5.41) is 2.85. The van der Waals surface area contributed by atoms with Gasteiger partial charge >= 0.3 is 5.76 Å². The van der Waals surface area contributed by atoms with Crippen molar-refractivity contribution in [3.8, 4) is 5.75 Å². The van der Waals surface area contributed by atoms with Crippen LogP contribution in [-0.4, -0.2) is 36.7 Å². The van der Waals surface area contributed by atoms with Crippen molar-refractivity contribution in [1.82, 2.24) is 14.9 Å². The van der Waals surface area contributed by atoms with Crippen molar-refractivity contribution in [1.29, 1.82) is 0 Å². The Kier molecular flexibility index (Phi) is 6.16. The van der Waals surface area contributed by atoms with Crippen LogP contribution in [0.2, 0.25) is 0 Å². The predicted molar refractivity (Wildman–Crippen MR) is 105 cm³/mol. The average molecular weight is 435 g/mol. The first-order valence-electron chi connectivity index (χ1n) is 8.78. The minimum atomic E-state index is -4.73. The third kappa shape index (κ3) is 4.33. The van der Waals surface area contributed by atoms with Gasteiger partial charge in [-0.2, -0.15) is 8.78 Å². The maximum absolute atomic E-state index is 12.8. The van der Waals surface area contributed by atoms with Crippen molar-refractivity contribution < 1.29 is 26.7 Å². The van der Waals surface area contributed by atoms with E-state index in [0.717, 1.165) is 12.1 Å². The summed E-state index contributed by atoms with van der Waals surface area (Å²) in [6, 6.07) is 10.8. The molecular weight excluding hydrogens is 416 g/mol. The summed E-state index contributed by atoms with van der Waals surface area (Å²) in [5.41, 5.74) is 0.833. The lowest BCUT2D eigenvalue weighted by Crippen LogP contribution is -2.31. The molecule has 0 spiro atoms. The Morgan fingerprint density at radius 1 is 1.17 bits per heavy atom. The van der Waals surface area contributed by atoms with Gasteiger partial charge < -0.3 is 14.6 Å². The van der Waals surface area contributed by atoms with Gasteiger partial charge in [-0.3, -0.25) is 4.79 Å². The standard InChI is InChI=1S/C20H19F2N3O4S/c1-25-11-10-23-18(25)17(14-4-3-5-15(12-14)29-2)24-19(26)13-6-8-16(9-7-13)30(27,28)20(21)22/h3-12,17,20H,1-2H3,(H,24,26). The summed E-state index contributed by atoms with van der Waals surface area (Å²) < 4.78 is 55.5. The van der Waals surface area contributed by atoms with Gasteiger partial charge in [0.25, 0.3) is 5.91 Å². The molecule has 3 aromatic rings. The van der Waals surface area contributed by atoms with Crippen LogP contribution < -0.4 is 10.1 Å². The molecule has 7 nitrogen and oxygen atoms in total. The van der Waals surface area contributed by atoms with Crippen LogP contribution in [0.25, 0.3) is 0 Å². The summed E-state index contributed by atoms with van der Waals surface area (Å²) in [6.07, 6.45) is 3.33. The van der Waals surface area contributed by atoms with Gasteiger partial charge in [0.2, 0.25) is 9.84 Å². The molecule has 1 unspecified atom stereocenters. The second-order valence-electron chi connectivity index (χ2n) is 6.41. The summed E-state index contributed by atoms with van der Waals surface area (Å²) in [6.45, 7) is 0. The molecule has 30 heavy (non-hydrogen) atoms. The molecule has 158 valence electrons. The number of rotatable bonds is 7. The smallest absolute Gasteiger partial charge is 0.341 e. The van der Waals surface area contributed by atoms with Gasteiger partial charge in [0.1, 0.15) is 17.6 Å². The van der Waals surface area contributed by atoms with Crippen molar-refractivity contribution in [3.05, 3.63) is 77.9 Å². The Morgan fingerprint density at radius 2 is 1.87 bits per heavy atom. The fourth-order valence-electron chi connectivity index (χ4n) is 2.89. The summed E-state index contributed by atoms with van der Waals surface area (Å²) in [5.74, 6) is -2.89. The topological polar surface area (TPSA) is 90.3 Å². The van der Waals surface area contributed by atoms with Crippen LogP contribution in [0, 0.1) is 0 Å². The number of nitrogens with zero attached hydrogens (tertiary/aromatic N) is 2. The molecule has 0 aliphatic rings. The number of carbonyl (C=O) groups excluding carboxylic acids is 1. The molecule has 0 aliphatic carbocycles. The van der Waals surface area contributed by atoms with Crippen molar-refractivity contribution in [2.45, 2.75) is 16.7 Å². The van der Waals surface area contributed by atoms with Crippen molar-refractivity contribution in [2.24, 2.45) is 7.05 Å². The Balaban J connectivity index is 1.91. The van der Waals surface area contributed by atoms with E-state index in [1.807, 2.05) is 0 Å². The van der Waals surface area contributed by atoms with Gasteiger partial charge in [0.05, 0.1) is 12.0 Å². The molecule has 1 atom stereocenters. The lowest BCUT2D eigenvalue weighted by molar-refractivity contribution is 0.0941. The molecule has 10 heteroatoms. The first kappa shape index (κ1) is 21.4. The number of alkyl halides is 2. The normalized spacial score (nSPS) is 12.6. The number of halogens is 2. The third-order valence-electron chi connectivity index (χ3n) is 4.50. The van der Waals surface area contributed by atoms with Crippen molar-refractivity contribution in [2.75, 3.05) is 7.11 Å². The second-order valence-corrected chi connectivity index (χ2v) is 8.33. The molecule has 3 rings (SSSR count). The van der Waals surface area contributed by atoms with E-state index < -0.39 is 32.4 Å². The maximum atomic E-state index is 12.8. The highest BCUT2D eigenvalue weighted by atomic mass is 32.2. The van der Waals surface area contributed by atoms with E-state index in [2.05, 4.69) is 10.3 Å². The number of benzene rings is 2. The number of imidazole rings is 1. The second kappa shape index (κ2) is 8.62. The van der Waals surface area contributed by atoms with E-state index in [1.54, 1.807) is 48.3 Å². The van der Waals surface area contributed by atoms with Crippen LogP contribution in [0.4, 0.5) is 8.78 Å². The molecule has 0 bridgehead atoms. The summed E-state index contributed by atoms with van der Waals surface area (Å²) in [4.78, 5) is 16.6. The summed E-state index contributed by atoms with van der Waals surface area (Å²) in [7, 11) is -1.41. The highest BCUT2D eigenvalue weighted by molar-refractivity contribution is 7.91. The first-order chi connectivity index (χ1) is 14.2. The fourth-order valence-corrected chi connectivity index (χ4v) is 3.61. The van der Waals surface area contributed by atoms with Crippen LogP contribution in [0.1, 0.15) is 27.8 Å². The molecule has 1 aromatic heterocycles. The Bertz CT molecular complexity index is 1140. The molecule has 0 fully saturated rings. The quantitative estimate of drug-likeness (QED) is 0.616. The van der Waals surface area contributed by atoms with Crippen LogP contribution >= 0.6 is 0 Å². The van der Waals surface area contributed by atoms with Gasteiger partial charge in [0, 0.05) is 25.0 Å². The number of aryl methyl sites for hydroxylation is 1. The van der Waals surface area contributed by atoms with E-state index in [-0.39, 0.29) is 5.56 Å². The molecule has 1 amide bonds. The molecule has 1 heterocycles. The molecule has 0 saturated carbocycles. The Hall–Kier alpha value is -3.27. The highest BCUT2D eigenvalue weighted by Crippen LogP contribution is 2.25. The molecule has 1 N–H and O–H groups in total. The number of sulfone groups is 1. The van der Waals surface area contributed by atoms with Gasteiger partial charge in [-0.05, 0) is 42.0 Å². The van der Waals surface area contributed by atoms with E-state index in [4.69, 9.17) is 4.74 Å². The number of methoxy groups -OCH3 is 1. The SMILES string of the molecule is COc1cccc(C(NC(=O)c2ccc(S(=O)(=O)C(F)F)cc2)c2nccn2C)c1. The zero-order chi connectivity index (χ0) is 21.9. The number of hydrogen-bond acceptors (Lipinski definition) is 5. The van der Waals surface area contributed by atoms with Gasteiger partial charge in [-0.1, -0.05) is 12.1 Å². The van der Waals surface area contributed by atoms with Crippen LogP contribution in [0.15, 0.2) is 65.8 Å². The minimum absolute atomic E-state index is 0.116. The van der Waals surface area contributed by atoms with Crippen LogP contribution in [-0.2, 0) is 16.9 Å². The van der Waals surface area contributed by atoms with E-state index >= 15 is 0 Å². The zero-order valence-electron chi connectivity index (χ0n) is 16.1. The van der Waals surface area contributed by atoms with Crippen LogP contribution in [0.5, 0.6) is 5.75 Å². The third-order valence-corrected chi connectivity index (χ3v) is 5.90. The predicted octanol–water partition coefficient (Wildman–Crippen LogP) is 2.94. The fraction of sp³-hybridized carbons (Fsp3) is 0.200. The van der Waals surface area contributed by atoms with Crippen molar-refractivity contribution in [3.63, 3.8) is 0 Å². The monoisotopic (exact) mass is 435 g/mol. The van der Waals surface area contributed by atoms with Gasteiger partial charge in [-0.25, -0.2) is 13.4 Å². The molecular formula is C20H19F2N3O4S. The maximum Gasteiger partial charge on any atom is 0.341 e. The highest BCUT2D eigenvalue weighted by Gasteiger charge is 2.27. The van der Waals surface area contributed by atoms with Gasteiger partial charge in [0.15, 0.2) is 0 Å². The van der Waals surface area contributed by atoms with E-state index in [0.29, 0.717) is 17.1 Å². The number of hydrogen-bond donors (Lipinski definition) is 1.